The number of allylic oxidation sites excluding steroid dienone is 2. The molecule has 5 aromatic rings. The Morgan fingerprint density at radius 2 is 1.29 bits per heavy atom. The monoisotopic (exact) mass is 456 g/mol. The van der Waals surface area contributed by atoms with Crippen LogP contribution in [-0.4, -0.2) is 0 Å². The average Bonchev–Trinajstić information content (AvgIpc) is 2.90. The van der Waals surface area contributed by atoms with Gasteiger partial charge < -0.3 is 0 Å². The number of rotatable bonds is 5. The van der Waals surface area contributed by atoms with Gasteiger partial charge in [-0.1, -0.05) is 127 Å². The second-order valence-electron chi connectivity index (χ2n) is 8.71. The normalized spacial score (nSPS) is 11.8. The molecule has 0 N–H and O–H groups in total. The maximum Gasteiger partial charge on any atom is -0.00235 e. The van der Waals surface area contributed by atoms with Crippen molar-refractivity contribution in [1.82, 2.24) is 0 Å². The second-order valence-corrected chi connectivity index (χ2v) is 10.9. The Morgan fingerprint density at radius 1 is 0.676 bits per heavy atom. The molecule has 0 heterocycles. The third kappa shape index (κ3) is 4.23. The van der Waals surface area contributed by atoms with Crippen LogP contribution in [0.25, 0.3) is 27.5 Å². The maximum absolute atomic E-state index is 2.39. The molecular formula is C33H29P. The molecule has 0 fully saturated rings. The van der Waals surface area contributed by atoms with Gasteiger partial charge in [-0.15, -0.1) is 0 Å². The SMILES string of the molecule is CC=C(C)c1ccc2ccccc2c1-c1cc(C)ccc1P(c1ccccc1)c1ccccc1. The van der Waals surface area contributed by atoms with Crippen molar-refractivity contribution in [1.29, 1.82) is 0 Å². The van der Waals surface area contributed by atoms with E-state index in [9.17, 15) is 0 Å². The smallest absolute Gasteiger partial charge is 0.00235 e. The molecule has 166 valence electrons. The van der Waals surface area contributed by atoms with Crippen LogP contribution in [0, 0.1) is 6.92 Å². The van der Waals surface area contributed by atoms with Crippen LogP contribution < -0.4 is 15.9 Å². The van der Waals surface area contributed by atoms with E-state index in [1.807, 2.05) is 0 Å². The Bertz CT molecular complexity index is 1420. The van der Waals surface area contributed by atoms with Crippen molar-refractivity contribution >= 4 is 40.2 Å². The predicted octanol–water partition coefficient (Wildman–Crippen LogP) is 8.00. The molecule has 0 radical (unpaired) electrons. The highest BCUT2D eigenvalue weighted by Crippen LogP contribution is 2.42. The molecule has 5 rings (SSSR count). The molecule has 0 saturated heterocycles. The van der Waals surface area contributed by atoms with E-state index in [1.165, 1.54) is 54.5 Å². The maximum atomic E-state index is 2.39. The van der Waals surface area contributed by atoms with Crippen LogP contribution in [0.15, 0.2) is 121 Å². The van der Waals surface area contributed by atoms with Gasteiger partial charge in [0.15, 0.2) is 0 Å². The molecule has 0 unspecified atom stereocenters. The molecule has 0 amide bonds. The van der Waals surface area contributed by atoms with Gasteiger partial charge in [-0.25, -0.2) is 0 Å². The van der Waals surface area contributed by atoms with Crippen LogP contribution in [-0.2, 0) is 0 Å². The number of fused-ring (bicyclic) bond motifs is 1. The topological polar surface area (TPSA) is 0 Å². The van der Waals surface area contributed by atoms with Crippen molar-refractivity contribution in [3.05, 3.63) is 132 Å². The molecule has 0 bridgehead atoms. The summed E-state index contributed by atoms with van der Waals surface area (Å²) >= 11 is 0. The van der Waals surface area contributed by atoms with Gasteiger partial charge in [-0.05, 0) is 77.6 Å². The summed E-state index contributed by atoms with van der Waals surface area (Å²) < 4.78 is 0. The van der Waals surface area contributed by atoms with Gasteiger partial charge in [0.05, 0.1) is 0 Å². The van der Waals surface area contributed by atoms with Crippen LogP contribution in [0.2, 0.25) is 0 Å². The van der Waals surface area contributed by atoms with Crippen molar-refractivity contribution in [3.63, 3.8) is 0 Å². The van der Waals surface area contributed by atoms with E-state index < -0.39 is 7.92 Å². The lowest BCUT2D eigenvalue weighted by Gasteiger charge is -2.25. The lowest BCUT2D eigenvalue weighted by molar-refractivity contribution is 1.48. The number of aryl methyl sites for hydroxylation is 1. The van der Waals surface area contributed by atoms with Gasteiger partial charge >= 0.3 is 0 Å². The van der Waals surface area contributed by atoms with Crippen molar-refractivity contribution in [2.75, 3.05) is 0 Å². The summed E-state index contributed by atoms with van der Waals surface area (Å²) in [6, 6.07) is 42.4. The van der Waals surface area contributed by atoms with Crippen LogP contribution >= 0.6 is 7.92 Å². The van der Waals surface area contributed by atoms with Crippen LogP contribution in [0.3, 0.4) is 0 Å². The number of benzene rings is 5. The fraction of sp³-hybridized carbons (Fsp3) is 0.0909. The Labute approximate surface area is 204 Å². The van der Waals surface area contributed by atoms with E-state index in [0.717, 1.165) is 0 Å². The molecule has 0 spiro atoms. The highest BCUT2D eigenvalue weighted by Gasteiger charge is 2.23. The number of hydrogen-bond donors (Lipinski definition) is 0. The minimum Gasteiger partial charge on any atom is -0.0841 e. The summed E-state index contributed by atoms with van der Waals surface area (Å²) in [7, 11) is -0.714. The van der Waals surface area contributed by atoms with Crippen LogP contribution in [0.4, 0.5) is 0 Å². The standard InChI is InChI=1S/C33H29P/c1-4-25(3)29-21-20-26-13-11-12-18-30(26)33(29)31-23-24(2)19-22-32(31)34(27-14-7-5-8-15-27)28-16-9-6-10-17-28/h4-23H,1-3H3. The molecule has 0 aliphatic rings. The third-order valence-electron chi connectivity index (χ3n) is 6.48. The summed E-state index contributed by atoms with van der Waals surface area (Å²) in [6.45, 7) is 6.56. The highest BCUT2D eigenvalue weighted by molar-refractivity contribution is 7.80. The zero-order valence-electron chi connectivity index (χ0n) is 20.0. The molecule has 5 aromatic carbocycles. The van der Waals surface area contributed by atoms with Crippen molar-refractivity contribution in [2.45, 2.75) is 20.8 Å². The fourth-order valence-corrected chi connectivity index (χ4v) is 7.11. The van der Waals surface area contributed by atoms with E-state index in [4.69, 9.17) is 0 Å². The first-order chi connectivity index (χ1) is 16.7. The fourth-order valence-electron chi connectivity index (χ4n) is 4.67. The first-order valence-corrected chi connectivity index (χ1v) is 13.2. The lowest BCUT2D eigenvalue weighted by atomic mass is 9.89. The Balaban J connectivity index is 1.88. The Hall–Kier alpha value is -3.47. The summed E-state index contributed by atoms with van der Waals surface area (Å²) in [5.74, 6) is 0. The molecule has 0 nitrogen and oxygen atoms in total. The average molecular weight is 457 g/mol. The molecule has 0 aromatic heterocycles. The van der Waals surface area contributed by atoms with Gasteiger partial charge in [-0.3, -0.25) is 0 Å². The van der Waals surface area contributed by atoms with Gasteiger partial charge in [0, 0.05) is 0 Å². The van der Waals surface area contributed by atoms with Gasteiger partial charge in [0.1, 0.15) is 0 Å². The van der Waals surface area contributed by atoms with Crippen molar-refractivity contribution in [2.24, 2.45) is 0 Å². The quantitative estimate of drug-likeness (QED) is 0.235. The van der Waals surface area contributed by atoms with E-state index in [0.29, 0.717) is 0 Å². The summed E-state index contributed by atoms with van der Waals surface area (Å²) in [5, 5.41) is 6.74. The Morgan fingerprint density at radius 3 is 1.94 bits per heavy atom. The lowest BCUT2D eigenvalue weighted by Crippen LogP contribution is -2.22. The predicted molar refractivity (Wildman–Crippen MR) is 152 cm³/mol. The molecule has 0 aliphatic heterocycles. The van der Waals surface area contributed by atoms with Gasteiger partial charge in [0.25, 0.3) is 0 Å². The summed E-state index contributed by atoms with van der Waals surface area (Å²) in [4.78, 5) is 0. The van der Waals surface area contributed by atoms with Crippen molar-refractivity contribution < 1.29 is 0 Å². The molecular weight excluding hydrogens is 427 g/mol. The minimum absolute atomic E-state index is 0.714. The molecule has 34 heavy (non-hydrogen) atoms. The van der Waals surface area contributed by atoms with E-state index in [2.05, 4.69) is 142 Å². The van der Waals surface area contributed by atoms with Gasteiger partial charge in [0.2, 0.25) is 0 Å². The molecule has 0 aliphatic carbocycles. The first kappa shape index (κ1) is 22.3. The summed E-state index contributed by atoms with van der Waals surface area (Å²) in [5.41, 5.74) is 6.58. The van der Waals surface area contributed by atoms with Gasteiger partial charge in [-0.2, -0.15) is 0 Å². The number of hydrogen-bond acceptors (Lipinski definition) is 0. The van der Waals surface area contributed by atoms with E-state index in [-0.39, 0.29) is 0 Å². The van der Waals surface area contributed by atoms with E-state index in [1.54, 1.807) is 0 Å². The molecule has 0 saturated carbocycles. The van der Waals surface area contributed by atoms with E-state index >= 15 is 0 Å². The zero-order chi connectivity index (χ0) is 23.5. The molecule has 1 heteroatoms. The molecule has 0 atom stereocenters. The minimum atomic E-state index is -0.714. The largest absolute Gasteiger partial charge is 0.0841 e. The zero-order valence-corrected chi connectivity index (χ0v) is 20.9. The van der Waals surface area contributed by atoms with Crippen LogP contribution in [0.5, 0.6) is 0 Å². The third-order valence-corrected chi connectivity index (χ3v) is 8.98. The van der Waals surface area contributed by atoms with Crippen molar-refractivity contribution in [3.8, 4) is 11.1 Å². The second kappa shape index (κ2) is 9.80. The first-order valence-electron chi connectivity index (χ1n) is 11.8. The van der Waals surface area contributed by atoms with Crippen LogP contribution in [0.1, 0.15) is 25.0 Å². The summed E-state index contributed by atoms with van der Waals surface area (Å²) in [6.07, 6.45) is 2.22. The Kier molecular flexibility index (Phi) is 6.43. The highest BCUT2D eigenvalue weighted by atomic mass is 31.1.